The molecule has 0 aliphatic rings. The molecular weight excluding hydrogens is 330 g/mol. The number of nitrogens with zero attached hydrogens (tertiary/aromatic N) is 2. The predicted molar refractivity (Wildman–Crippen MR) is 93.7 cm³/mol. The van der Waals surface area contributed by atoms with Crippen molar-refractivity contribution in [3.05, 3.63) is 64.8 Å². The van der Waals surface area contributed by atoms with Crippen molar-refractivity contribution in [2.24, 2.45) is 0 Å². The third kappa shape index (κ3) is 4.37. The van der Waals surface area contributed by atoms with Gasteiger partial charge in [-0.2, -0.15) is 0 Å². The first-order valence-corrected chi connectivity index (χ1v) is 8.37. The lowest BCUT2D eigenvalue weighted by Crippen LogP contribution is -2.12. The maximum atomic E-state index is 12.0. The number of nitrogens with one attached hydrogen (secondary N) is 1. The summed E-state index contributed by atoms with van der Waals surface area (Å²) in [6, 6.07) is 11.3. The number of carbonyl (C=O) groups excluding carboxylic acids is 1. The first-order chi connectivity index (χ1) is 11.2. The fourth-order valence-corrected chi connectivity index (χ4v) is 3.07. The van der Waals surface area contributed by atoms with Gasteiger partial charge >= 0.3 is 0 Å². The monoisotopic (exact) mass is 343 g/mol. The second-order valence-electron chi connectivity index (χ2n) is 4.95. The van der Waals surface area contributed by atoms with Gasteiger partial charge < -0.3 is 5.32 Å². The van der Waals surface area contributed by atoms with E-state index >= 15 is 0 Å². The third-order valence-corrected chi connectivity index (χ3v) is 4.25. The molecule has 0 aliphatic heterocycles. The lowest BCUT2D eigenvalue weighted by atomic mass is 10.1. The number of anilines is 1. The van der Waals surface area contributed by atoms with Crippen LogP contribution in [0.1, 0.15) is 12.0 Å². The van der Waals surface area contributed by atoms with Crippen molar-refractivity contribution in [3.8, 4) is 11.3 Å². The third-order valence-electron chi connectivity index (χ3n) is 3.26. The minimum atomic E-state index is -0.0550. The molecule has 6 heteroatoms. The number of pyridine rings is 1. The van der Waals surface area contributed by atoms with E-state index in [1.54, 1.807) is 12.4 Å². The van der Waals surface area contributed by atoms with Gasteiger partial charge in [0.15, 0.2) is 5.13 Å². The second kappa shape index (κ2) is 7.35. The van der Waals surface area contributed by atoms with Crippen molar-refractivity contribution >= 4 is 34.0 Å². The summed E-state index contributed by atoms with van der Waals surface area (Å²) in [6.45, 7) is 0. The minimum absolute atomic E-state index is 0.0550. The Morgan fingerprint density at radius 1 is 1.22 bits per heavy atom. The number of rotatable bonds is 5. The van der Waals surface area contributed by atoms with Gasteiger partial charge in [-0.25, -0.2) is 4.98 Å². The Bertz CT molecular complexity index is 804. The highest BCUT2D eigenvalue weighted by molar-refractivity contribution is 7.14. The molecule has 4 nitrogen and oxygen atoms in total. The molecule has 0 saturated carbocycles. The number of hydrogen-bond acceptors (Lipinski definition) is 4. The number of benzene rings is 1. The number of hydrogen-bond donors (Lipinski definition) is 1. The van der Waals surface area contributed by atoms with E-state index in [1.807, 2.05) is 41.8 Å². The fraction of sp³-hybridized carbons (Fsp3) is 0.118. The van der Waals surface area contributed by atoms with Crippen LogP contribution in [0.5, 0.6) is 0 Å². The van der Waals surface area contributed by atoms with Crippen molar-refractivity contribution in [1.82, 2.24) is 9.97 Å². The van der Waals surface area contributed by atoms with E-state index in [4.69, 9.17) is 11.6 Å². The average molecular weight is 344 g/mol. The average Bonchev–Trinajstić information content (AvgIpc) is 3.02. The van der Waals surface area contributed by atoms with Crippen molar-refractivity contribution < 1.29 is 4.79 Å². The van der Waals surface area contributed by atoms with E-state index in [9.17, 15) is 4.79 Å². The van der Waals surface area contributed by atoms with Gasteiger partial charge in [0.25, 0.3) is 0 Å². The van der Waals surface area contributed by atoms with Crippen molar-refractivity contribution in [3.63, 3.8) is 0 Å². The molecule has 0 saturated heterocycles. The van der Waals surface area contributed by atoms with Crippen molar-refractivity contribution in [2.45, 2.75) is 12.8 Å². The van der Waals surface area contributed by atoms with Crippen LogP contribution in [-0.4, -0.2) is 15.9 Å². The van der Waals surface area contributed by atoms with Gasteiger partial charge in [0.05, 0.1) is 5.69 Å². The van der Waals surface area contributed by atoms with Gasteiger partial charge in [0, 0.05) is 34.8 Å². The smallest absolute Gasteiger partial charge is 0.226 e. The maximum Gasteiger partial charge on any atom is 0.226 e. The van der Waals surface area contributed by atoms with E-state index in [0.29, 0.717) is 23.0 Å². The molecule has 116 valence electrons. The van der Waals surface area contributed by atoms with Crippen LogP contribution >= 0.6 is 22.9 Å². The van der Waals surface area contributed by atoms with Crippen LogP contribution in [0.3, 0.4) is 0 Å². The van der Waals surface area contributed by atoms with Crippen LogP contribution in [-0.2, 0) is 11.2 Å². The van der Waals surface area contributed by atoms with Crippen LogP contribution in [0, 0.1) is 0 Å². The van der Waals surface area contributed by atoms with Gasteiger partial charge in [-0.05, 0) is 36.2 Å². The van der Waals surface area contributed by atoms with Crippen LogP contribution in [0.15, 0.2) is 54.2 Å². The molecular formula is C17H14ClN3OS. The Hall–Kier alpha value is -2.24. The molecule has 0 radical (unpaired) electrons. The Labute approximate surface area is 143 Å². The zero-order valence-corrected chi connectivity index (χ0v) is 13.8. The number of thiazole rings is 1. The zero-order valence-electron chi connectivity index (χ0n) is 12.2. The molecule has 1 N–H and O–H groups in total. The van der Waals surface area contributed by atoms with E-state index in [0.717, 1.165) is 16.8 Å². The molecule has 0 spiro atoms. The normalized spacial score (nSPS) is 10.5. The predicted octanol–water partition coefficient (Wildman–Crippen LogP) is 4.43. The van der Waals surface area contributed by atoms with E-state index < -0.39 is 0 Å². The Morgan fingerprint density at radius 2 is 2.04 bits per heavy atom. The minimum Gasteiger partial charge on any atom is -0.302 e. The van der Waals surface area contributed by atoms with Crippen LogP contribution in [0.2, 0.25) is 5.02 Å². The molecule has 0 aliphatic carbocycles. The Kier molecular flexibility index (Phi) is 5.00. The standard InChI is InChI=1S/C17H14ClN3OS/c18-14-3-1-2-12(10-14)4-5-16(22)21-17-20-15(11-23-17)13-6-8-19-9-7-13/h1-3,6-11H,4-5H2,(H,20,21,22). The summed E-state index contributed by atoms with van der Waals surface area (Å²) in [5.41, 5.74) is 2.86. The molecule has 2 aromatic heterocycles. The molecule has 0 fully saturated rings. The second-order valence-corrected chi connectivity index (χ2v) is 6.25. The lowest BCUT2D eigenvalue weighted by Gasteiger charge is -2.03. The van der Waals surface area contributed by atoms with Gasteiger partial charge in [0.1, 0.15) is 0 Å². The van der Waals surface area contributed by atoms with Gasteiger partial charge in [0.2, 0.25) is 5.91 Å². The summed E-state index contributed by atoms with van der Waals surface area (Å²) < 4.78 is 0. The molecule has 1 aromatic carbocycles. The molecule has 3 aromatic rings. The first-order valence-electron chi connectivity index (χ1n) is 7.11. The highest BCUT2D eigenvalue weighted by Gasteiger charge is 2.08. The molecule has 0 atom stereocenters. The molecule has 1 amide bonds. The molecule has 0 unspecified atom stereocenters. The Balaban J connectivity index is 1.57. The number of halogens is 1. The molecule has 23 heavy (non-hydrogen) atoms. The topological polar surface area (TPSA) is 54.9 Å². The van der Waals surface area contributed by atoms with Crippen LogP contribution in [0.25, 0.3) is 11.3 Å². The van der Waals surface area contributed by atoms with Crippen LogP contribution < -0.4 is 5.32 Å². The lowest BCUT2D eigenvalue weighted by molar-refractivity contribution is -0.116. The summed E-state index contributed by atoms with van der Waals surface area (Å²) in [7, 11) is 0. The van der Waals surface area contributed by atoms with Gasteiger partial charge in [-0.15, -0.1) is 11.3 Å². The molecule has 0 bridgehead atoms. The van der Waals surface area contributed by atoms with Crippen molar-refractivity contribution in [1.29, 1.82) is 0 Å². The van der Waals surface area contributed by atoms with E-state index in [-0.39, 0.29) is 5.91 Å². The zero-order chi connectivity index (χ0) is 16.1. The van der Waals surface area contributed by atoms with Gasteiger partial charge in [-0.3, -0.25) is 9.78 Å². The number of aryl methyl sites for hydroxylation is 1. The summed E-state index contributed by atoms with van der Waals surface area (Å²) >= 11 is 7.35. The van der Waals surface area contributed by atoms with Crippen molar-refractivity contribution in [2.75, 3.05) is 5.32 Å². The van der Waals surface area contributed by atoms with Gasteiger partial charge in [-0.1, -0.05) is 23.7 Å². The molecule has 2 heterocycles. The number of aromatic nitrogens is 2. The highest BCUT2D eigenvalue weighted by Crippen LogP contribution is 2.24. The Morgan fingerprint density at radius 3 is 2.83 bits per heavy atom. The molecule has 3 rings (SSSR count). The van der Waals surface area contributed by atoms with Crippen LogP contribution in [0.4, 0.5) is 5.13 Å². The number of amides is 1. The summed E-state index contributed by atoms with van der Waals surface area (Å²) in [4.78, 5) is 20.4. The van der Waals surface area contributed by atoms with E-state index in [1.165, 1.54) is 11.3 Å². The SMILES string of the molecule is O=C(CCc1cccc(Cl)c1)Nc1nc(-c2ccncc2)cs1. The fourth-order valence-electron chi connectivity index (χ4n) is 2.12. The van der Waals surface area contributed by atoms with E-state index in [2.05, 4.69) is 15.3 Å². The quantitative estimate of drug-likeness (QED) is 0.745. The largest absolute Gasteiger partial charge is 0.302 e. The maximum absolute atomic E-state index is 12.0. The summed E-state index contributed by atoms with van der Waals surface area (Å²) in [5.74, 6) is -0.0550. The summed E-state index contributed by atoms with van der Waals surface area (Å²) in [5, 5.41) is 6.04. The summed E-state index contributed by atoms with van der Waals surface area (Å²) in [6.07, 6.45) is 4.48. The number of carbonyl (C=O) groups is 1. The first kappa shape index (κ1) is 15.6. The highest BCUT2D eigenvalue weighted by atomic mass is 35.5.